The fraction of sp³-hybridized carbons (Fsp3) is 0.440. The van der Waals surface area contributed by atoms with Gasteiger partial charge in [0, 0.05) is 42.6 Å². The van der Waals surface area contributed by atoms with Crippen LogP contribution in [0.25, 0.3) is 0 Å². The second kappa shape index (κ2) is 9.68. The molecule has 194 valence electrons. The molecule has 36 heavy (non-hydrogen) atoms. The Balaban J connectivity index is 1.65. The van der Waals surface area contributed by atoms with Gasteiger partial charge in [0.15, 0.2) is 0 Å². The van der Waals surface area contributed by atoms with E-state index >= 15 is 0 Å². The van der Waals surface area contributed by atoms with Crippen molar-refractivity contribution in [2.24, 2.45) is 11.8 Å². The third-order valence-electron chi connectivity index (χ3n) is 6.47. The fourth-order valence-electron chi connectivity index (χ4n) is 4.74. The molecule has 2 aliphatic rings. The van der Waals surface area contributed by atoms with Crippen molar-refractivity contribution in [1.82, 2.24) is 9.88 Å². The van der Waals surface area contributed by atoms with E-state index in [2.05, 4.69) is 10.3 Å². The number of halogens is 2. The molecule has 0 radical (unpaired) electrons. The number of aromatic nitrogens is 1. The number of methoxy groups -OCH3 is 1. The van der Waals surface area contributed by atoms with Crippen molar-refractivity contribution < 1.29 is 33.0 Å². The number of carbonyl (C=O) groups excluding carboxylic acids is 2. The molecule has 4 rings (SSSR count). The summed E-state index contributed by atoms with van der Waals surface area (Å²) in [4.78, 5) is 43.7. The summed E-state index contributed by atoms with van der Waals surface area (Å²) in [7, 11) is -0.219. The standard InChI is InChI=1S/C25H29F2N3O5S/c1-35-20-6-5-15-19(29-20)7-8-30(25(34)16-9-13(16)10-21(31)32)22(15)24(33)28-14-11-17(26)23(18(27)12-14)36(2,3)4/h5-6,11-13,16,22H,7-10H2,1-4H3,(H,28,33)(H,31,32)/t13-,16+,22+/m0/s1. The zero-order chi connectivity index (χ0) is 26.4. The minimum Gasteiger partial charge on any atom is -0.481 e. The van der Waals surface area contributed by atoms with Crippen LogP contribution >= 0.6 is 10.0 Å². The Hall–Kier alpha value is -3.21. The molecule has 1 aromatic carbocycles. The van der Waals surface area contributed by atoms with Crippen molar-refractivity contribution in [3.63, 3.8) is 0 Å². The Bertz CT molecular complexity index is 1210. The van der Waals surface area contributed by atoms with Crippen molar-refractivity contribution in [3.05, 3.63) is 47.2 Å². The highest BCUT2D eigenvalue weighted by Gasteiger charge is 2.49. The van der Waals surface area contributed by atoms with Gasteiger partial charge in [-0.25, -0.2) is 23.8 Å². The second-order valence-electron chi connectivity index (χ2n) is 9.87. The van der Waals surface area contributed by atoms with Crippen molar-refractivity contribution in [1.29, 1.82) is 0 Å². The number of hydrogen-bond acceptors (Lipinski definition) is 5. The Kier molecular flexibility index (Phi) is 6.96. The molecule has 2 amide bonds. The van der Waals surface area contributed by atoms with E-state index in [0.717, 1.165) is 12.1 Å². The maximum atomic E-state index is 14.8. The molecular formula is C25H29F2N3O5S. The number of aliphatic carboxylic acids is 1. The van der Waals surface area contributed by atoms with Gasteiger partial charge in [-0.3, -0.25) is 14.4 Å². The van der Waals surface area contributed by atoms with Crippen molar-refractivity contribution in [3.8, 4) is 5.88 Å². The topological polar surface area (TPSA) is 109 Å². The van der Waals surface area contributed by atoms with Gasteiger partial charge in [0.25, 0.3) is 5.91 Å². The molecular weight excluding hydrogens is 492 g/mol. The van der Waals surface area contributed by atoms with Crippen LogP contribution in [-0.2, 0) is 20.8 Å². The molecule has 2 aromatic rings. The maximum absolute atomic E-state index is 14.8. The highest BCUT2D eigenvalue weighted by atomic mass is 32.3. The Labute approximate surface area is 209 Å². The normalized spacial score (nSPS) is 21.4. The van der Waals surface area contributed by atoms with Crippen molar-refractivity contribution >= 4 is 33.5 Å². The third-order valence-corrected chi connectivity index (χ3v) is 8.09. The first-order chi connectivity index (χ1) is 16.9. The lowest BCUT2D eigenvalue weighted by Gasteiger charge is -2.36. The number of fused-ring (bicyclic) bond motifs is 1. The first kappa shape index (κ1) is 25.9. The number of anilines is 1. The monoisotopic (exact) mass is 521 g/mol. The summed E-state index contributed by atoms with van der Waals surface area (Å²) < 4.78 is 34.7. The highest BCUT2D eigenvalue weighted by molar-refractivity contribution is 8.32. The van der Waals surface area contributed by atoms with Crippen LogP contribution in [0, 0.1) is 23.5 Å². The zero-order valence-corrected chi connectivity index (χ0v) is 21.3. The molecule has 3 atom stereocenters. The first-order valence-electron chi connectivity index (χ1n) is 11.4. The van der Waals surface area contributed by atoms with Gasteiger partial charge in [-0.15, -0.1) is 0 Å². The van der Waals surface area contributed by atoms with Gasteiger partial charge in [-0.2, -0.15) is 0 Å². The van der Waals surface area contributed by atoms with E-state index in [4.69, 9.17) is 9.84 Å². The molecule has 2 heterocycles. The minimum absolute atomic E-state index is 0.00480. The number of carboxylic acid groups (broad SMARTS) is 1. The highest BCUT2D eigenvalue weighted by Crippen LogP contribution is 2.49. The lowest BCUT2D eigenvalue weighted by Crippen LogP contribution is -2.46. The van der Waals surface area contributed by atoms with E-state index < -0.39 is 45.5 Å². The lowest BCUT2D eigenvalue weighted by molar-refractivity contribution is -0.141. The number of carbonyl (C=O) groups is 3. The molecule has 1 saturated carbocycles. The smallest absolute Gasteiger partial charge is 0.303 e. The maximum Gasteiger partial charge on any atom is 0.303 e. The van der Waals surface area contributed by atoms with Gasteiger partial charge in [-0.05, 0) is 49.3 Å². The van der Waals surface area contributed by atoms with E-state index in [0.29, 0.717) is 30.0 Å². The zero-order valence-electron chi connectivity index (χ0n) is 20.5. The van der Waals surface area contributed by atoms with Gasteiger partial charge in [0.2, 0.25) is 11.8 Å². The van der Waals surface area contributed by atoms with Crippen molar-refractivity contribution in [2.75, 3.05) is 37.7 Å². The summed E-state index contributed by atoms with van der Waals surface area (Å²) in [6.45, 7) is 0.190. The number of nitrogens with one attached hydrogen (secondary N) is 1. The van der Waals surface area contributed by atoms with Crippen LogP contribution in [0.3, 0.4) is 0 Å². The number of pyridine rings is 1. The lowest BCUT2D eigenvalue weighted by atomic mass is 9.95. The largest absolute Gasteiger partial charge is 0.481 e. The minimum atomic E-state index is -1.69. The number of amides is 2. The molecule has 0 bridgehead atoms. The number of hydrogen-bond donors (Lipinski definition) is 2. The predicted molar refractivity (Wildman–Crippen MR) is 131 cm³/mol. The molecule has 1 aromatic heterocycles. The number of nitrogens with zero attached hydrogens (tertiary/aromatic N) is 2. The second-order valence-corrected chi connectivity index (χ2v) is 14.0. The van der Waals surface area contributed by atoms with Gasteiger partial charge in [-0.1, -0.05) is 0 Å². The number of benzene rings is 1. The van der Waals surface area contributed by atoms with Crippen LogP contribution in [-0.4, -0.2) is 65.2 Å². The average molecular weight is 522 g/mol. The SMILES string of the molecule is COc1ccc2c(n1)CCN(C(=O)[C@@H]1C[C@H]1CC(=O)O)[C@H]2C(=O)Nc1cc(F)c(S(C)(C)C)c(F)c1. The molecule has 2 N–H and O–H groups in total. The molecule has 1 aliphatic carbocycles. The van der Waals surface area contributed by atoms with E-state index in [-0.39, 0.29) is 35.4 Å². The van der Waals surface area contributed by atoms with Crippen LogP contribution in [0.1, 0.15) is 30.1 Å². The van der Waals surface area contributed by atoms with E-state index in [9.17, 15) is 23.2 Å². The summed E-state index contributed by atoms with van der Waals surface area (Å²) in [5, 5.41) is 11.6. The summed E-state index contributed by atoms with van der Waals surface area (Å²) in [5.41, 5.74) is 1.01. The van der Waals surface area contributed by atoms with Gasteiger partial charge in [0.05, 0.1) is 17.7 Å². The molecule has 11 heteroatoms. The molecule has 0 unspecified atom stereocenters. The van der Waals surface area contributed by atoms with E-state index in [1.165, 1.54) is 12.0 Å². The van der Waals surface area contributed by atoms with Crippen LogP contribution in [0.5, 0.6) is 5.88 Å². The van der Waals surface area contributed by atoms with Gasteiger partial charge >= 0.3 is 5.97 Å². The first-order valence-corrected chi connectivity index (χ1v) is 14.3. The molecule has 0 saturated heterocycles. The fourth-order valence-corrected chi connectivity index (χ4v) is 6.03. The number of ether oxygens (including phenoxy) is 1. The quantitative estimate of drug-likeness (QED) is 0.577. The van der Waals surface area contributed by atoms with E-state index in [1.807, 2.05) is 0 Å². The summed E-state index contributed by atoms with van der Waals surface area (Å²) in [6.07, 6.45) is 6.02. The van der Waals surface area contributed by atoms with Gasteiger partial charge < -0.3 is 20.1 Å². The summed E-state index contributed by atoms with van der Waals surface area (Å²) in [5.74, 6) is -3.81. The average Bonchev–Trinajstić information content (AvgIpc) is 3.54. The Morgan fingerprint density at radius 2 is 1.86 bits per heavy atom. The number of rotatable bonds is 7. The van der Waals surface area contributed by atoms with Crippen molar-refractivity contribution in [2.45, 2.75) is 30.2 Å². The van der Waals surface area contributed by atoms with Crippen LogP contribution in [0.15, 0.2) is 29.2 Å². The summed E-state index contributed by atoms with van der Waals surface area (Å²) >= 11 is 0. The molecule has 1 aliphatic heterocycles. The Morgan fingerprint density at radius 1 is 1.19 bits per heavy atom. The molecule has 8 nitrogen and oxygen atoms in total. The van der Waals surface area contributed by atoms with E-state index in [1.54, 1.807) is 30.9 Å². The van der Waals surface area contributed by atoms with Crippen LogP contribution < -0.4 is 10.1 Å². The Morgan fingerprint density at radius 3 is 2.44 bits per heavy atom. The van der Waals surface area contributed by atoms with Crippen LogP contribution in [0.4, 0.5) is 14.5 Å². The van der Waals surface area contributed by atoms with Crippen LogP contribution in [0.2, 0.25) is 0 Å². The molecule has 1 fully saturated rings. The third kappa shape index (κ3) is 5.16. The number of carboxylic acids is 1. The molecule has 0 spiro atoms. The summed E-state index contributed by atoms with van der Waals surface area (Å²) in [6, 6.07) is 4.31. The van der Waals surface area contributed by atoms with Gasteiger partial charge in [0.1, 0.15) is 17.7 Å². The predicted octanol–water partition coefficient (Wildman–Crippen LogP) is 3.60.